The number of rotatable bonds is 9. The number of anilines is 1. The fourth-order valence-electron chi connectivity index (χ4n) is 3.62. The van der Waals surface area contributed by atoms with Gasteiger partial charge in [0.2, 0.25) is 10.0 Å². The second-order valence-corrected chi connectivity index (χ2v) is 9.38. The Morgan fingerprint density at radius 3 is 2.62 bits per heavy atom. The van der Waals surface area contributed by atoms with E-state index in [2.05, 4.69) is 21.1 Å². The topological polar surface area (TPSA) is 124 Å². The van der Waals surface area contributed by atoms with E-state index in [-0.39, 0.29) is 18.0 Å². The molecule has 0 aliphatic carbocycles. The van der Waals surface area contributed by atoms with E-state index >= 15 is 0 Å². The van der Waals surface area contributed by atoms with Crippen molar-refractivity contribution in [1.82, 2.24) is 10.3 Å². The van der Waals surface area contributed by atoms with Gasteiger partial charge in [-0.2, -0.15) is 0 Å². The number of H-pyrrole nitrogens is 1. The van der Waals surface area contributed by atoms with Gasteiger partial charge in [0.1, 0.15) is 18.1 Å². The second kappa shape index (κ2) is 9.07. The predicted octanol–water partition coefficient (Wildman–Crippen LogP) is 3.10. The van der Waals surface area contributed by atoms with Gasteiger partial charge < -0.3 is 25.3 Å². The van der Waals surface area contributed by atoms with Crippen molar-refractivity contribution in [3.05, 3.63) is 66.2 Å². The Morgan fingerprint density at radius 1 is 1.03 bits per heavy atom. The van der Waals surface area contributed by atoms with Gasteiger partial charge in [-0.15, -0.1) is 0 Å². The maximum Gasteiger partial charge on any atom is 0.229 e. The molecule has 0 radical (unpaired) electrons. The summed E-state index contributed by atoms with van der Waals surface area (Å²) in [6, 6.07) is 18.2. The average molecular weight is 456 g/mol. The normalized spacial score (nSPS) is 12.8. The molecule has 1 aromatic heterocycles. The molecule has 1 heterocycles. The molecule has 0 spiro atoms. The van der Waals surface area contributed by atoms with E-state index in [9.17, 15) is 18.6 Å². The van der Waals surface area contributed by atoms with Crippen LogP contribution in [0.15, 0.2) is 60.7 Å². The number of aliphatic hydroxyl groups is 1. The lowest BCUT2D eigenvalue weighted by Gasteiger charge is -2.15. The molecule has 0 saturated carbocycles. The first-order valence-corrected chi connectivity index (χ1v) is 12.0. The van der Waals surface area contributed by atoms with Gasteiger partial charge in [-0.1, -0.05) is 18.2 Å². The molecule has 8 nitrogen and oxygen atoms in total. The van der Waals surface area contributed by atoms with Gasteiger partial charge in [-0.25, -0.2) is 8.42 Å². The highest BCUT2D eigenvalue weighted by Crippen LogP contribution is 2.28. The minimum absolute atomic E-state index is 0.136. The Kier molecular flexibility index (Phi) is 6.22. The Bertz CT molecular complexity index is 1350. The van der Waals surface area contributed by atoms with E-state index in [4.69, 9.17) is 4.74 Å². The molecule has 0 saturated heterocycles. The number of sulfonamides is 1. The van der Waals surface area contributed by atoms with Crippen LogP contribution in [0.1, 0.15) is 11.7 Å². The number of phenols is 1. The van der Waals surface area contributed by atoms with Crippen molar-refractivity contribution in [2.75, 3.05) is 30.7 Å². The molecule has 0 bridgehead atoms. The number of aromatic nitrogens is 1. The molecule has 3 aromatic carbocycles. The summed E-state index contributed by atoms with van der Waals surface area (Å²) in [5.41, 5.74) is 2.68. The standard InChI is InChI=1S/C23H25N3O5S/c1-32(29,30)26-16-10-15(11-17(27)12-16)23(28)14-24-8-9-31-18-6-7-20-19-4-2-3-5-21(19)25-22(20)13-18/h2-7,10-13,23-28H,8-9,14H2,1H3. The summed E-state index contributed by atoms with van der Waals surface area (Å²) in [5.74, 6) is 0.610. The quantitative estimate of drug-likeness (QED) is 0.247. The maximum absolute atomic E-state index is 11.4. The number of aliphatic hydroxyl groups excluding tert-OH is 1. The minimum atomic E-state index is -3.49. The highest BCUT2D eigenvalue weighted by atomic mass is 32.2. The van der Waals surface area contributed by atoms with Crippen LogP contribution in [0, 0.1) is 0 Å². The summed E-state index contributed by atoms with van der Waals surface area (Å²) < 4.78 is 30.9. The molecule has 0 aliphatic heterocycles. The Balaban J connectivity index is 1.29. The third-order valence-corrected chi connectivity index (χ3v) is 5.60. The van der Waals surface area contributed by atoms with Crippen molar-refractivity contribution in [3.8, 4) is 11.5 Å². The number of hydrogen-bond acceptors (Lipinski definition) is 6. The number of ether oxygens (including phenoxy) is 1. The van der Waals surface area contributed by atoms with Crippen molar-refractivity contribution < 1.29 is 23.4 Å². The molecule has 4 aromatic rings. The van der Waals surface area contributed by atoms with Crippen molar-refractivity contribution >= 4 is 37.5 Å². The van der Waals surface area contributed by atoms with Crippen LogP contribution in [0.3, 0.4) is 0 Å². The average Bonchev–Trinajstić information content (AvgIpc) is 3.09. The van der Waals surface area contributed by atoms with Crippen LogP contribution in [0.5, 0.6) is 11.5 Å². The van der Waals surface area contributed by atoms with E-state index in [1.165, 1.54) is 23.6 Å². The molecule has 5 N–H and O–H groups in total. The summed E-state index contributed by atoms with van der Waals surface area (Å²) >= 11 is 0. The molecule has 168 valence electrons. The highest BCUT2D eigenvalue weighted by Gasteiger charge is 2.12. The Morgan fingerprint density at radius 2 is 1.81 bits per heavy atom. The van der Waals surface area contributed by atoms with Gasteiger partial charge in [0.15, 0.2) is 0 Å². The van der Waals surface area contributed by atoms with E-state index < -0.39 is 16.1 Å². The SMILES string of the molecule is CS(=O)(=O)Nc1cc(O)cc(C(O)CNCCOc2ccc3c(c2)[nH]c2ccccc23)c1. The molecule has 1 atom stereocenters. The van der Waals surface area contributed by atoms with Gasteiger partial charge in [-0.05, 0) is 35.9 Å². The van der Waals surface area contributed by atoms with Crippen LogP contribution in [-0.4, -0.2) is 49.6 Å². The van der Waals surface area contributed by atoms with Gasteiger partial charge in [0.05, 0.1) is 23.6 Å². The summed E-state index contributed by atoms with van der Waals surface area (Å²) in [4.78, 5) is 3.38. The number of nitrogens with one attached hydrogen (secondary N) is 3. The van der Waals surface area contributed by atoms with Gasteiger partial charge in [-0.3, -0.25) is 4.72 Å². The largest absolute Gasteiger partial charge is 0.508 e. The summed E-state index contributed by atoms with van der Waals surface area (Å²) in [5, 5.41) is 25.6. The number of benzene rings is 3. The third-order valence-electron chi connectivity index (χ3n) is 4.99. The molecule has 4 rings (SSSR count). The molecule has 1 unspecified atom stereocenters. The zero-order valence-corrected chi connectivity index (χ0v) is 18.3. The first-order chi connectivity index (χ1) is 15.3. The minimum Gasteiger partial charge on any atom is -0.508 e. The number of fused-ring (bicyclic) bond motifs is 3. The number of hydrogen-bond donors (Lipinski definition) is 5. The first kappa shape index (κ1) is 21.9. The molecule has 0 aliphatic rings. The van der Waals surface area contributed by atoms with Crippen molar-refractivity contribution in [3.63, 3.8) is 0 Å². The molecular formula is C23H25N3O5S. The second-order valence-electron chi connectivity index (χ2n) is 7.63. The zero-order chi connectivity index (χ0) is 22.7. The maximum atomic E-state index is 11.4. The van der Waals surface area contributed by atoms with Crippen LogP contribution in [0.25, 0.3) is 21.8 Å². The number of para-hydroxylation sites is 1. The van der Waals surface area contributed by atoms with Gasteiger partial charge in [0, 0.05) is 41.5 Å². The number of phenolic OH excluding ortho intramolecular Hbond substituents is 1. The van der Waals surface area contributed by atoms with Gasteiger partial charge >= 0.3 is 0 Å². The van der Waals surface area contributed by atoms with Crippen LogP contribution in [-0.2, 0) is 10.0 Å². The molecule has 9 heteroatoms. The van der Waals surface area contributed by atoms with Crippen LogP contribution < -0.4 is 14.8 Å². The molecular weight excluding hydrogens is 430 g/mol. The lowest BCUT2D eigenvalue weighted by atomic mass is 10.1. The van der Waals surface area contributed by atoms with Crippen molar-refractivity contribution in [1.29, 1.82) is 0 Å². The lowest BCUT2D eigenvalue weighted by molar-refractivity contribution is 0.171. The first-order valence-electron chi connectivity index (χ1n) is 10.1. The van der Waals surface area contributed by atoms with E-state index in [0.29, 0.717) is 18.7 Å². The van der Waals surface area contributed by atoms with E-state index in [0.717, 1.165) is 28.4 Å². The fraction of sp³-hybridized carbons (Fsp3) is 0.217. The lowest BCUT2D eigenvalue weighted by Crippen LogP contribution is -2.26. The Hall–Kier alpha value is -3.27. The van der Waals surface area contributed by atoms with Crippen LogP contribution in [0.2, 0.25) is 0 Å². The monoisotopic (exact) mass is 455 g/mol. The summed E-state index contributed by atoms with van der Waals surface area (Å²) in [7, 11) is -3.49. The molecule has 0 fully saturated rings. The van der Waals surface area contributed by atoms with Crippen LogP contribution >= 0.6 is 0 Å². The van der Waals surface area contributed by atoms with Gasteiger partial charge in [0.25, 0.3) is 0 Å². The van der Waals surface area contributed by atoms with Crippen molar-refractivity contribution in [2.45, 2.75) is 6.10 Å². The number of aromatic amines is 1. The summed E-state index contributed by atoms with van der Waals surface area (Å²) in [6.45, 7) is 1.11. The number of aromatic hydroxyl groups is 1. The third kappa shape index (κ3) is 5.31. The fourth-order valence-corrected chi connectivity index (χ4v) is 4.17. The summed E-state index contributed by atoms with van der Waals surface area (Å²) in [6.07, 6.45) is 0.0924. The Labute approximate surface area is 185 Å². The predicted molar refractivity (Wildman–Crippen MR) is 126 cm³/mol. The highest BCUT2D eigenvalue weighted by molar-refractivity contribution is 7.92. The van der Waals surface area contributed by atoms with E-state index in [1.54, 1.807) is 0 Å². The molecule has 32 heavy (non-hydrogen) atoms. The van der Waals surface area contributed by atoms with Crippen molar-refractivity contribution in [2.24, 2.45) is 0 Å². The van der Waals surface area contributed by atoms with E-state index in [1.807, 2.05) is 36.4 Å². The zero-order valence-electron chi connectivity index (χ0n) is 17.5. The smallest absolute Gasteiger partial charge is 0.229 e. The van der Waals surface area contributed by atoms with Crippen LogP contribution in [0.4, 0.5) is 5.69 Å². The molecule has 0 amide bonds.